The summed E-state index contributed by atoms with van der Waals surface area (Å²) >= 11 is 11.2. The highest BCUT2D eigenvalue weighted by molar-refractivity contribution is 7.80. The lowest BCUT2D eigenvalue weighted by atomic mass is 9.95. The second-order valence-corrected chi connectivity index (χ2v) is 9.20. The molecule has 0 atom stereocenters. The average Bonchev–Trinajstić information content (AvgIpc) is 2.68. The molecule has 4 nitrogen and oxygen atoms in total. The Morgan fingerprint density at radius 2 is 1.27 bits per heavy atom. The normalized spacial score (nSPS) is 23.5. The zero-order valence-electron chi connectivity index (χ0n) is 16.1. The molecule has 0 radical (unpaired) electrons. The van der Waals surface area contributed by atoms with Gasteiger partial charge in [-0.05, 0) is 68.9 Å². The number of hydrogen-bond acceptors (Lipinski definition) is 2. The Labute approximate surface area is 170 Å². The summed E-state index contributed by atoms with van der Waals surface area (Å²) in [6.45, 7) is 3.15. The number of thiocarbonyl (C=S) groups is 2. The van der Waals surface area contributed by atoms with Crippen molar-refractivity contribution in [3.8, 4) is 0 Å². The van der Waals surface area contributed by atoms with Crippen LogP contribution in [0.15, 0.2) is 0 Å². The molecule has 0 aromatic heterocycles. The van der Waals surface area contributed by atoms with Crippen molar-refractivity contribution in [2.75, 3.05) is 19.6 Å². The van der Waals surface area contributed by atoms with Crippen LogP contribution in [0.25, 0.3) is 0 Å². The summed E-state index contributed by atoms with van der Waals surface area (Å²) in [7, 11) is 0. The molecule has 0 amide bonds. The van der Waals surface area contributed by atoms with E-state index in [1.165, 1.54) is 77.0 Å². The SMILES string of the molecule is S=C(NCC1CCN(C(=S)NC2CCCCC2)CC1)NC1CCCCC1. The zero-order valence-corrected chi connectivity index (χ0v) is 17.7. The average molecular weight is 397 g/mol. The lowest BCUT2D eigenvalue weighted by Gasteiger charge is -2.36. The van der Waals surface area contributed by atoms with Gasteiger partial charge < -0.3 is 20.9 Å². The van der Waals surface area contributed by atoms with E-state index in [1.54, 1.807) is 0 Å². The van der Waals surface area contributed by atoms with Gasteiger partial charge in [0.1, 0.15) is 0 Å². The third-order valence-electron chi connectivity index (χ3n) is 6.33. The van der Waals surface area contributed by atoms with Crippen LogP contribution in [0.4, 0.5) is 0 Å². The Bertz CT molecular complexity index is 451. The highest BCUT2D eigenvalue weighted by Crippen LogP contribution is 2.20. The molecule has 26 heavy (non-hydrogen) atoms. The van der Waals surface area contributed by atoms with Crippen LogP contribution in [0.1, 0.15) is 77.0 Å². The fourth-order valence-corrected chi connectivity index (χ4v) is 5.17. The van der Waals surface area contributed by atoms with Crippen LogP contribution in [-0.4, -0.2) is 46.8 Å². The van der Waals surface area contributed by atoms with Crippen LogP contribution < -0.4 is 16.0 Å². The second-order valence-electron chi connectivity index (χ2n) is 8.40. The molecule has 3 rings (SSSR count). The lowest BCUT2D eigenvalue weighted by Crippen LogP contribution is -2.49. The predicted octanol–water partition coefficient (Wildman–Crippen LogP) is 3.70. The van der Waals surface area contributed by atoms with Crippen molar-refractivity contribution in [2.45, 2.75) is 89.1 Å². The summed E-state index contributed by atoms with van der Waals surface area (Å²) < 4.78 is 0. The monoisotopic (exact) mass is 396 g/mol. The molecule has 0 aromatic carbocycles. The lowest BCUT2D eigenvalue weighted by molar-refractivity contribution is 0.259. The Balaban J connectivity index is 1.29. The molecular formula is C20H36N4S2. The van der Waals surface area contributed by atoms with Crippen LogP contribution in [0.2, 0.25) is 0 Å². The van der Waals surface area contributed by atoms with E-state index in [-0.39, 0.29) is 0 Å². The highest BCUT2D eigenvalue weighted by atomic mass is 32.1. The largest absolute Gasteiger partial charge is 0.362 e. The van der Waals surface area contributed by atoms with E-state index in [1.807, 2.05) is 0 Å². The molecule has 3 fully saturated rings. The molecule has 1 saturated heterocycles. The molecule has 148 valence electrons. The number of nitrogens with one attached hydrogen (secondary N) is 3. The highest BCUT2D eigenvalue weighted by Gasteiger charge is 2.23. The van der Waals surface area contributed by atoms with Crippen LogP contribution in [0, 0.1) is 5.92 Å². The van der Waals surface area contributed by atoms with Gasteiger partial charge in [-0.15, -0.1) is 0 Å². The summed E-state index contributed by atoms with van der Waals surface area (Å²) in [5.41, 5.74) is 0. The van der Waals surface area contributed by atoms with Crippen molar-refractivity contribution >= 4 is 34.7 Å². The van der Waals surface area contributed by atoms with E-state index in [0.717, 1.165) is 29.9 Å². The molecule has 2 saturated carbocycles. The molecular weight excluding hydrogens is 360 g/mol. The van der Waals surface area contributed by atoms with Gasteiger partial charge in [0.2, 0.25) is 0 Å². The number of likely N-dealkylation sites (tertiary alicyclic amines) is 1. The summed E-state index contributed by atoms with van der Waals surface area (Å²) in [5.74, 6) is 0.704. The topological polar surface area (TPSA) is 39.3 Å². The summed E-state index contributed by atoms with van der Waals surface area (Å²) in [4.78, 5) is 2.37. The molecule has 0 unspecified atom stereocenters. The first-order valence-electron chi connectivity index (χ1n) is 10.8. The maximum absolute atomic E-state index is 5.66. The van der Waals surface area contributed by atoms with Crippen molar-refractivity contribution in [2.24, 2.45) is 5.92 Å². The molecule has 1 heterocycles. The molecule has 0 bridgehead atoms. The van der Waals surface area contributed by atoms with E-state index in [4.69, 9.17) is 24.4 Å². The number of piperidine rings is 1. The van der Waals surface area contributed by atoms with Crippen molar-refractivity contribution in [1.82, 2.24) is 20.9 Å². The summed E-state index contributed by atoms with van der Waals surface area (Å²) in [5, 5.41) is 12.4. The van der Waals surface area contributed by atoms with Gasteiger partial charge in [-0.25, -0.2) is 0 Å². The van der Waals surface area contributed by atoms with E-state index in [0.29, 0.717) is 18.0 Å². The van der Waals surface area contributed by atoms with E-state index in [2.05, 4.69) is 20.9 Å². The number of nitrogens with zero attached hydrogens (tertiary/aromatic N) is 1. The van der Waals surface area contributed by atoms with Crippen molar-refractivity contribution < 1.29 is 0 Å². The van der Waals surface area contributed by atoms with E-state index >= 15 is 0 Å². The van der Waals surface area contributed by atoms with Crippen LogP contribution in [-0.2, 0) is 0 Å². The van der Waals surface area contributed by atoms with Crippen LogP contribution >= 0.6 is 24.4 Å². The first-order chi connectivity index (χ1) is 12.7. The standard InChI is InChI=1S/C20H36N4S2/c25-19(22-17-7-3-1-4-8-17)21-15-16-11-13-24(14-12-16)20(26)23-18-9-5-2-6-10-18/h16-18H,1-15H2,(H,23,26)(H2,21,22,25). The Hall–Kier alpha value is -0.620. The number of rotatable bonds is 4. The summed E-state index contributed by atoms with van der Waals surface area (Å²) in [6, 6.07) is 1.20. The maximum Gasteiger partial charge on any atom is 0.169 e. The molecule has 3 aliphatic rings. The number of hydrogen-bond donors (Lipinski definition) is 3. The first-order valence-corrected chi connectivity index (χ1v) is 11.6. The molecule has 0 aromatic rings. The third-order valence-corrected chi connectivity index (χ3v) is 6.96. The van der Waals surface area contributed by atoms with Gasteiger partial charge in [0.15, 0.2) is 10.2 Å². The van der Waals surface area contributed by atoms with E-state index < -0.39 is 0 Å². The molecule has 0 spiro atoms. The van der Waals surface area contributed by atoms with Crippen LogP contribution in [0.3, 0.4) is 0 Å². The van der Waals surface area contributed by atoms with Crippen molar-refractivity contribution in [3.63, 3.8) is 0 Å². The predicted molar refractivity (Wildman–Crippen MR) is 118 cm³/mol. The first kappa shape index (κ1) is 20.1. The fourth-order valence-electron chi connectivity index (χ4n) is 4.57. The zero-order chi connectivity index (χ0) is 18.2. The van der Waals surface area contributed by atoms with Gasteiger partial charge in [-0.3, -0.25) is 0 Å². The minimum atomic E-state index is 0.592. The molecule has 6 heteroatoms. The minimum Gasteiger partial charge on any atom is -0.362 e. The van der Waals surface area contributed by atoms with Gasteiger partial charge in [0.25, 0.3) is 0 Å². The van der Waals surface area contributed by atoms with Crippen LogP contribution in [0.5, 0.6) is 0 Å². The fraction of sp³-hybridized carbons (Fsp3) is 0.900. The van der Waals surface area contributed by atoms with Crippen molar-refractivity contribution in [1.29, 1.82) is 0 Å². The summed E-state index contributed by atoms with van der Waals surface area (Å²) in [6.07, 6.45) is 15.7. The Kier molecular flexibility index (Phi) is 8.24. The Morgan fingerprint density at radius 1 is 0.731 bits per heavy atom. The smallest absolute Gasteiger partial charge is 0.169 e. The maximum atomic E-state index is 5.66. The van der Waals surface area contributed by atoms with Gasteiger partial charge in [-0.1, -0.05) is 38.5 Å². The van der Waals surface area contributed by atoms with Gasteiger partial charge >= 0.3 is 0 Å². The molecule has 1 aliphatic heterocycles. The molecule has 2 aliphatic carbocycles. The van der Waals surface area contributed by atoms with Crippen molar-refractivity contribution in [3.05, 3.63) is 0 Å². The second kappa shape index (κ2) is 10.6. The Morgan fingerprint density at radius 3 is 1.85 bits per heavy atom. The molecule has 3 N–H and O–H groups in total. The minimum absolute atomic E-state index is 0.592. The van der Waals surface area contributed by atoms with E-state index in [9.17, 15) is 0 Å². The van der Waals surface area contributed by atoms with Gasteiger partial charge in [0, 0.05) is 31.7 Å². The van der Waals surface area contributed by atoms with Gasteiger partial charge in [0.05, 0.1) is 0 Å². The third kappa shape index (κ3) is 6.52. The van der Waals surface area contributed by atoms with Gasteiger partial charge in [-0.2, -0.15) is 0 Å². The quantitative estimate of drug-likeness (QED) is 0.630.